The maximum atomic E-state index is 10.8. The molecule has 0 aromatic rings. The van der Waals surface area contributed by atoms with Gasteiger partial charge in [0.05, 0.1) is 0 Å². The number of nitrogens with one attached hydrogen (secondary N) is 1. The molecule has 0 aromatic carbocycles. The molecule has 1 heterocycles. The Kier molecular flexibility index (Phi) is 2.01. The van der Waals surface area contributed by atoms with Gasteiger partial charge in [0.1, 0.15) is 0 Å². The molecule has 0 radical (unpaired) electrons. The van der Waals surface area contributed by atoms with Crippen molar-refractivity contribution in [1.82, 2.24) is 10.4 Å². The first kappa shape index (κ1) is 7.21. The smallest absolute Gasteiger partial charge is 0.244 e. The van der Waals surface area contributed by atoms with Crippen LogP contribution >= 0.6 is 0 Å². The second kappa shape index (κ2) is 2.79. The Bertz CT molecular complexity index is 151. The normalized spacial score (nSPS) is 18.7. The number of rotatable bonds is 2. The molecule has 56 valence electrons. The average Bonchev–Trinajstić information content (AvgIpc) is 2.20. The summed E-state index contributed by atoms with van der Waals surface area (Å²) in [5.41, 5.74) is 2.68. The van der Waals surface area contributed by atoms with E-state index < -0.39 is 0 Å². The maximum absolute atomic E-state index is 10.8. The van der Waals surface area contributed by atoms with Crippen LogP contribution in [0.15, 0.2) is 0 Å². The number of carbonyl (C=O) groups excluding carboxylic acids is 2. The Labute approximate surface area is 59.2 Å². The van der Waals surface area contributed by atoms with Crippen molar-refractivity contribution in [2.75, 3.05) is 6.54 Å². The lowest BCUT2D eigenvalue weighted by atomic mass is 10.4. The largest absolute Gasteiger partial charge is 0.273 e. The number of nitrogens with zero attached hydrogens (tertiary/aromatic N) is 1. The van der Waals surface area contributed by atoms with Crippen LogP contribution in [0.2, 0.25) is 0 Å². The number of imide groups is 1. The molecular weight excluding hydrogens is 132 g/mol. The van der Waals surface area contributed by atoms with Crippen molar-refractivity contribution >= 4 is 11.8 Å². The highest BCUT2D eigenvalue weighted by molar-refractivity contribution is 6.01. The molecule has 4 nitrogen and oxygen atoms in total. The topological polar surface area (TPSA) is 49.4 Å². The minimum atomic E-state index is -0.119. The van der Waals surface area contributed by atoms with Gasteiger partial charge in [0, 0.05) is 19.4 Å². The van der Waals surface area contributed by atoms with Crippen LogP contribution in [-0.4, -0.2) is 23.4 Å². The molecule has 0 bridgehead atoms. The van der Waals surface area contributed by atoms with Gasteiger partial charge in [-0.3, -0.25) is 9.59 Å². The van der Waals surface area contributed by atoms with Crippen LogP contribution in [0, 0.1) is 0 Å². The van der Waals surface area contributed by atoms with Crippen LogP contribution in [0.3, 0.4) is 0 Å². The first-order valence-electron chi connectivity index (χ1n) is 3.35. The van der Waals surface area contributed by atoms with E-state index in [0.717, 1.165) is 5.01 Å². The third-order valence-corrected chi connectivity index (χ3v) is 1.37. The van der Waals surface area contributed by atoms with E-state index in [9.17, 15) is 9.59 Å². The van der Waals surface area contributed by atoms with Gasteiger partial charge in [-0.05, 0) is 0 Å². The Morgan fingerprint density at radius 3 is 2.30 bits per heavy atom. The van der Waals surface area contributed by atoms with E-state index in [1.165, 1.54) is 0 Å². The summed E-state index contributed by atoms with van der Waals surface area (Å²) in [6, 6.07) is 0. The molecule has 1 aliphatic rings. The number of hydrogen-bond acceptors (Lipinski definition) is 3. The van der Waals surface area contributed by atoms with E-state index in [0.29, 0.717) is 19.4 Å². The molecule has 1 saturated heterocycles. The molecule has 0 atom stereocenters. The maximum Gasteiger partial charge on any atom is 0.244 e. The van der Waals surface area contributed by atoms with Crippen LogP contribution in [0.5, 0.6) is 0 Å². The Balaban J connectivity index is 2.54. The molecule has 0 unspecified atom stereocenters. The van der Waals surface area contributed by atoms with Gasteiger partial charge in [-0.2, -0.15) is 0 Å². The van der Waals surface area contributed by atoms with Crippen molar-refractivity contribution in [2.24, 2.45) is 0 Å². The molecule has 4 heteroatoms. The highest BCUT2D eigenvalue weighted by Gasteiger charge is 2.27. The number of amides is 2. The van der Waals surface area contributed by atoms with Gasteiger partial charge in [0.25, 0.3) is 0 Å². The summed E-state index contributed by atoms with van der Waals surface area (Å²) in [6.45, 7) is 2.45. The van der Waals surface area contributed by atoms with Gasteiger partial charge in [-0.15, -0.1) is 0 Å². The molecule has 0 aliphatic carbocycles. The molecule has 1 N–H and O–H groups in total. The highest BCUT2D eigenvalue weighted by atomic mass is 16.2. The van der Waals surface area contributed by atoms with Crippen LogP contribution < -0.4 is 5.43 Å². The summed E-state index contributed by atoms with van der Waals surface area (Å²) in [6.07, 6.45) is 0.706. The number of hydrogen-bond donors (Lipinski definition) is 1. The summed E-state index contributed by atoms with van der Waals surface area (Å²) in [5.74, 6) is -0.237. The minimum absolute atomic E-state index is 0.119. The second-order valence-electron chi connectivity index (χ2n) is 2.13. The van der Waals surface area contributed by atoms with Gasteiger partial charge in [0.15, 0.2) is 0 Å². The van der Waals surface area contributed by atoms with Gasteiger partial charge >= 0.3 is 0 Å². The quantitative estimate of drug-likeness (QED) is 0.536. The summed E-state index contributed by atoms with van der Waals surface area (Å²) in [4.78, 5) is 21.6. The fraction of sp³-hybridized carbons (Fsp3) is 0.667. The van der Waals surface area contributed by atoms with E-state index >= 15 is 0 Å². The van der Waals surface area contributed by atoms with E-state index in [2.05, 4.69) is 5.43 Å². The van der Waals surface area contributed by atoms with Crippen molar-refractivity contribution in [3.05, 3.63) is 0 Å². The first-order valence-corrected chi connectivity index (χ1v) is 3.35. The Hall–Kier alpha value is -0.900. The SMILES string of the molecule is CCNN1C(=O)CCC1=O. The predicted octanol–water partition coefficient (Wildman–Crippen LogP) is -0.340. The van der Waals surface area contributed by atoms with Gasteiger partial charge in [0.2, 0.25) is 11.8 Å². The van der Waals surface area contributed by atoms with Crippen molar-refractivity contribution in [3.8, 4) is 0 Å². The fourth-order valence-electron chi connectivity index (χ4n) is 0.911. The molecule has 1 aliphatic heterocycles. The molecule has 1 fully saturated rings. The van der Waals surface area contributed by atoms with Crippen LogP contribution in [0.4, 0.5) is 0 Å². The molecule has 2 amide bonds. The monoisotopic (exact) mass is 142 g/mol. The third kappa shape index (κ3) is 1.16. The van der Waals surface area contributed by atoms with E-state index in [1.807, 2.05) is 6.92 Å². The summed E-state index contributed by atoms with van der Waals surface area (Å²) < 4.78 is 0. The molecule has 0 spiro atoms. The zero-order chi connectivity index (χ0) is 7.56. The molecule has 0 aromatic heterocycles. The zero-order valence-electron chi connectivity index (χ0n) is 5.89. The Morgan fingerprint density at radius 2 is 1.90 bits per heavy atom. The van der Waals surface area contributed by atoms with Crippen molar-refractivity contribution in [2.45, 2.75) is 19.8 Å². The molecular formula is C6H10N2O2. The standard InChI is InChI=1S/C6H10N2O2/c1-2-7-8-5(9)3-4-6(8)10/h7H,2-4H2,1H3. The molecule has 10 heavy (non-hydrogen) atoms. The summed E-state index contributed by atoms with van der Waals surface area (Å²) in [5, 5.41) is 1.10. The third-order valence-electron chi connectivity index (χ3n) is 1.37. The minimum Gasteiger partial charge on any atom is -0.273 e. The molecule has 1 rings (SSSR count). The van der Waals surface area contributed by atoms with Gasteiger partial charge in [-0.25, -0.2) is 10.4 Å². The number of carbonyl (C=O) groups is 2. The lowest BCUT2D eigenvalue weighted by Gasteiger charge is -2.12. The second-order valence-corrected chi connectivity index (χ2v) is 2.13. The van der Waals surface area contributed by atoms with E-state index in [4.69, 9.17) is 0 Å². The summed E-state index contributed by atoms with van der Waals surface area (Å²) >= 11 is 0. The lowest BCUT2D eigenvalue weighted by molar-refractivity contribution is -0.141. The van der Waals surface area contributed by atoms with Gasteiger partial charge in [-0.1, -0.05) is 6.92 Å². The predicted molar refractivity (Wildman–Crippen MR) is 34.8 cm³/mol. The summed E-state index contributed by atoms with van der Waals surface area (Å²) in [7, 11) is 0. The van der Waals surface area contributed by atoms with Crippen LogP contribution in [0.1, 0.15) is 19.8 Å². The van der Waals surface area contributed by atoms with Crippen molar-refractivity contribution < 1.29 is 9.59 Å². The molecule has 0 saturated carbocycles. The zero-order valence-corrected chi connectivity index (χ0v) is 5.89. The van der Waals surface area contributed by atoms with Crippen molar-refractivity contribution in [1.29, 1.82) is 0 Å². The number of hydrazine groups is 1. The first-order chi connectivity index (χ1) is 4.75. The Morgan fingerprint density at radius 1 is 1.40 bits per heavy atom. The van der Waals surface area contributed by atoms with Crippen LogP contribution in [0.25, 0.3) is 0 Å². The van der Waals surface area contributed by atoms with E-state index in [1.54, 1.807) is 0 Å². The van der Waals surface area contributed by atoms with Gasteiger partial charge < -0.3 is 0 Å². The van der Waals surface area contributed by atoms with Crippen LogP contribution in [-0.2, 0) is 9.59 Å². The average molecular weight is 142 g/mol. The lowest BCUT2D eigenvalue weighted by Crippen LogP contribution is -2.41. The highest BCUT2D eigenvalue weighted by Crippen LogP contribution is 2.07. The van der Waals surface area contributed by atoms with Crippen molar-refractivity contribution in [3.63, 3.8) is 0 Å². The van der Waals surface area contributed by atoms with E-state index in [-0.39, 0.29) is 11.8 Å². The fourth-order valence-corrected chi connectivity index (χ4v) is 0.911.